The summed E-state index contributed by atoms with van der Waals surface area (Å²) in [5.74, 6) is 0.887. The summed E-state index contributed by atoms with van der Waals surface area (Å²) in [7, 11) is 5.68. The van der Waals surface area contributed by atoms with Gasteiger partial charge in [-0.2, -0.15) is 0 Å². The number of likely N-dealkylation sites (N-methyl/N-ethyl adjacent to an activating group) is 1. The molecule has 2 N–H and O–H groups in total. The number of hydrogen-bond acceptors (Lipinski definition) is 3. The summed E-state index contributed by atoms with van der Waals surface area (Å²) in [6, 6.07) is 10.6. The van der Waals surface area contributed by atoms with Crippen molar-refractivity contribution >= 4 is 5.96 Å². The molecule has 5 nitrogen and oxygen atoms in total. The first kappa shape index (κ1) is 19.5. The van der Waals surface area contributed by atoms with Gasteiger partial charge in [-0.1, -0.05) is 30.3 Å². The lowest BCUT2D eigenvalue weighted by molar-refractivity contribution is 0.161. The number of hydrogen-bond donors (Lipinski definition) is 2. The van der Waals surface area contributed by atoms with Gasteiger partial charge in [0.25, 0.3) is 0 Å². The standard InChI is InChI=1S/C18H32N4O/c1-19-18(21-13-8-14-22(2)15-16-23-3)20-12-7-11-17-9-5-4-6-10-17/h4-6,9-10H,7-8,11-16H2,1-3H3,(H2,19,20,21). The molecule has 130 valence electrons. The van der Waals surface area contributed by atoms with E-state index in [4.69, 9.17) is 4.74 Å². The highest BCUT2D eigenvalue weighted by atomic mass is 16.5. The summed E-state index contributed by atoms with van der Waals surface area (Å²) in [6.45, 7) is 4.68. The second-order valence-corrected chi connectivity index (χ2v) is 5.66. The highest BCUT2D eigenvalue weighted by molar-refractivity contribution is 5.79. The highest BCUT2D eigenvalue weighted by Gasteiger charge is 2.00. The molecule has 0 saturated heterocycles. The summed E-state index contributed by atoms with van der Waals surface area (Å²) in [4.78, 5) is 6.54. The highest BCUT2D eigenvalue weighted by Crippen LogP contribution is 2.01. The van der Waals surface area contributed by atoms with Crippen molar-refractivity contribution in [1.82, 2.24) is 15.5 Å². The maximum absolute atomic E-state index is 5.07. The minimum absolute atomic E-state index is 0.786. The molecular formula is C18H32N4O. The van der Waals surface area contributed by atoms with Crippen molar-refractivity contribution < 1.29 is 4.74 Å². The molecule has 0 aliphatic heterocycles. The fourth-order valence-electron chi connectivity index (χ4n) is 2.28. The molecule has 0 radical (unpaired) electrons. The van der Waals surface area contributed by atoms with E-state index in [1.165, 1.54) is 5.56 Å². The van der Waals surface area contributed by atoms with E-state index in [1.807, 2.05) is 7.05 Å². The monoisotopic (exact) mass is 320 g/mol. The fourth-order valence-corrected chi connectivity index (χ4v) is 2.28. The van der Waals surface area contributed by atoms with E-state index in [1.54, 1.807) is 7.11 Å². The molecule has 1 rings (SSSR count). The number of nitrogens with zero attached hydrogens (tertiary/aromatic N) is 2. The number of methoxy groups -OCH3 is 1. The molecule has 0 aromatic heterocycles. The number of guanidine groups is 1. The van der Waals surface area contributed by atoms with Crippen molar-refractivity contribution in [3.05, 3.63) is 35.9 Å². The van der Waals surface area contributed by atoms with E-state index in [9.17, 15) is 0 Å². The van der Waals surface area contributed by atoms with E-state index in [0.717, 1.165) is 58.0 Å². The Morgan fingerprint density at radius 2 is 1.78 bits per heavy atom. The van der Waals surface area contributed by atoms with Gasteiger partial charge >= 0.3 is 0 Å². The van der Waals surface area contributed by atoms with Gasteiger partial charge in [0.1, 0.15) is 0 Å². The van der Waals surface area contributed by atoms with E-state index >= 15 is 0 Å². The Kier molecular flexibility index (Phi) is 10.9. The second kappa shape index (κ2) is 12.9. The van der Waals surface area contributed by atoms with Gasteiger partial charge in [0.2, 0.25) is 0 Å². The first-order chi connectivity index (χ1) is 11.3. The van der Waals surface area contributed by atoms with Crippen LogP contribution in [0.2, 0.25) is 0 Å². The van der Waals surface area contributed by atoms with Gasteiger partial charge in [0.05, 0.1) is 6.61 Å². The minimum Gasteiger partial charge on any atom is -0.383 e. The van der Waals surface area contributed by atoms with E-state index < -0.39 is 0 Å². The number of aliphatic imine (C=N–C) groups is 1. The molecule has 0 saturated carbocycles. The summed E-state index contributed by atoms with van der Waals surface area (Å²) >= 11 is 0. The zero-order valence-electron chi connectivity index (χ0n) is 14.8. The van der Waals surface area contributed by atoms with Crippen LogP contribution in [0.4, 0.5) is 0 Å². The molecule has 23 heavy (non-hydrogen) atoms. The Morgan fingerprint density at radius 1 is 1.09 bits per heavy atom. The van der Waals surface area contributed by atoms with Crippen LogP contribution in [0.3, 0.4) is 0 Å². The first-order valence-electron chi connectivity index (χ1n) is 8.42. The maximum Gasteiger partial charge on any atom is 0.190 e. The molecule has 0 atom stereocenters. The van der Waals surface area contributed by atoms with Crippen LogP contribution in [-0.4, -0.2) is 64.9 Å². The van der Waals surface area contributed by atoms with Gasteiger partial charge < -0.3 is 20.3 Å². The summed E-state index contributed by atoms with van der Waals surface area (Å²) in [6.07, 6.45) is 3.28. The molecule has 0 fully saturated rings. The van der Waals surface area contributed by atoms with Gasteiger partial charge in [0.15, 0.2) is 5.96 Å². The SMILES string of the molecule is CN=C(NCCCc1ccccc1)NCCCN(C)CCOC. The molecule has 0 heterocycles. The lowest BCUT2D eigenvalue weighted by Crippen LogP contribution is -2.39. The minimum atomic E-state index is 0.786. The lowest BCUT2D eigenvalue weighted by Gasteiger charge is -2.17. The van der Waals surface area contributed by atoms with E-state index in [-0.39, 0.29) is 0 Å². The van der Waals surface area contributed by atoms with Gasteiger partial charge in [-0.15, -0.1) is 0 Å². The van der Waals surface area contributed by atoms with Crippen molar-refractivity contribution in [2.45, 2.75) is 19.3 Å². The number of benzene rings is 1. The van der Waals surface area contributed by atoms with Crippen LogP contribution < -0.4 is 10.6 Å². The number of aryl methyl sites for hydroxylation is 1. The van der Waals surface area contributed by atoms with Crippen molar-refractivity contribution in [2.24, 2.45) is 4.99 Å². The predicted octanol–water partition coefficient (Wildman–Crippen LogP) is 1.75. The van der Waals surface area contributed by atoms with Crippen LogP contribution in [0.1, 0.15) is 18.4 Å². The summed E-state index contributed by atoms with van der Waals surface area (Å²) in [5, 5.41) is 6.73. The smallest absolute Gasteiger partial charge is 0.190 e. The van der Waals surface area contributed by atoms with Crippen molar-refractivity contribution in [3.8, 4) is 0 Å². The lowest BCUT2D eigenvalue weighted by atomic mass is 10.1. The average Bonchev–Trinajstić information content (AvgIpc) is 2.59. The largest absolute Gasteiger partial charge is 0.383 e. The zero-order chi connectivity index (χ0) is 16.8. The number of nitrogens with one attached hydrogen (secondary N) is 2. The third-order valence-electron chi connectivity index (χ3n) is 3.69. The van der Waals surface area contributed by atoms with Crippen molar-refractivity contribution in [3.63, 3.8) is 0 Å². The van der Waals surface area contributed by atoms with Crippen LogP contribution in [0.25, 0.3) is 0 Å². The van der Waals surface area contributed by atoms with Crippen LogP contribution in [0.15, 0.2) is 35.3 Å². The van der Waals surface area contributed by atoms with Crippen molar-refractivity contribution in [2.75, 3.05) is 54.0 Å². The molecular weight excluding hydrogens is 288 g/mol. The Balaban J connectivity index is 2.06. The maximum atomic E-state index is 5.07. The third kappa shape index (κ3) is 9.92. The summed E-state index contributed by atoms with van der Waals surface area (Å²) in [5.41, 5.74) is 1.39. The molecule has 0 amide bonds. The van der Waals surface area contributed by atoms with Gasteiger partial charge in [-0.05, 0) is 38.4 Å². The molecule has 1 aromatic rings. The topological polar surface area (TPSA) is 48.9 Å². The molecule has 0 aliphatic carbocycles. The zero-order valence-corrected chi connectivity index (χ0v) is 14.8. The Bertz CT molecular complexity index is 422. The second-order valence-electron chi connectivity index (χ2n) is 5.66. The first-order valence-corrected chi connectivity index (χ1v) is 8.42. The molecule has 1 aromatic carbocycles. The van der Waals surface area contributed by atoms with E-state index in [2.05, 4.69) is 57.9 Å². The Hall–Kier alpha value is -1.59. The quantitative estimate of drug-likeness (QED) is 0.370. The van der Waals surface area contributed by atoms with Gasteiger partial charge in [-0.25, -0.2) is 0 Å². The predicted molar refractivity (Wildman–Crippen MR) is 98.1 cm³/mol. The van der Waals surface area contributed by atoms with Crippen LogP contribution >= 0.6 is 0 Å². The molecule has 0 bridgehead atoms. The fraction of sp³-hybridized carbons (Fsp3) is 0.611. The van der Waals surface area contributed by atoms with Crippen LogP contribution in [0, 0.1) is 0 Å². The van der Waals surface area contributed by atoms with Crippen LogP contribution in [-0.2, 0) is 11.2 Å². The Morgan fingerprint density at radius 3 is 2.43 bits per heavy atom. The molecule has 0 aliphatic rings. The number of rotatable bonds is 11. The molecule has 5 heteroatoms. The van der Waals surface area contributed by atoms with E-state index in [0.29, 0.717) is 0 Å². The van der Waals surface area contributed by atoms with Crippen molar-refractivity contribution in [1.29, 1.82) is 0 Å². The Labute approximate surface area is 141 Å². The molecule has 0 unspecified atom stereocenters. The third-order valence-corrected chi connectivity index (χ3v) is 3.69. The number of ether oxygens (including phenoxy) is 1. The molecule has 0 spiro atoms. The average molecular weight is 320 g/mol. The summed E-state index contributed by atoms with van der Waals surface area (Å²) < 4.78 is 5.07. The normalized spacial score (nSPS) is 11.7. The van der Waals surface area contributed by atoms with Gasteiger partial charge in [-0.3, -0.25) is 4.99 Å². The van der Waals surface area contributed by atoms with Gasteiger partial charge in [0, 0.05) is 33.8 Å². The van der Waals surface area contributed by atoms with Crippen LogP contribution in [0.5, 0.6) is 0 Å².